The van der Waals surface area contributed by atoms with Crippen molar-refractivity contribution in [2.45, 2.75) is 65.6 Å². The van der Waals surface area contributed by atoms with Gasteiger partial charge in [-0.1, -0.05) is 57.0 Å². The molecule has 1 aromatic heterocycles. The van der Waals surface area contributed by atoms with E-state index in [0.29, 0.717) is 76.1 Å². The van der Waals surface area contributed by atoms with E-state index in [1.165, 1.54) is 6.42 Å². The van der Waals surface area contributed by atoms with Crippen molar-refractivity contribution in [3.05, 3.63) is 62.4 Å². The van der Waals surface area contributed by atoms with Crippen LogP contribution in [0.2, 0.25) is 10.0 Å². The number of nitrogens with zero attached hydrogens (tertiary/aromatic N) is 6. The van der Waals surface area contributed by atoms with Crippen LogP contribution in [0, 0.1) is 23.2 Å². The summed E-state index contributed by atoms with van der Waals surface area (Å²) in [6, 6.07) is 11.6. The molecule has 2 bridgehead atoms. The minimum Gasteiger partial charge on any atom is -0.389 e. The lowest BCUT2D eigenvalue weighted by Crippen LogP contribution is -2.58. The van der Waals surface area contributed by atoms with E-state index in [1.54, 1.807) is 6.07 Å². The number of likely N-dealkylation sites (tertiary alicyclic amines) is 1. The van der Waals surface area contributed by atoms with E-state index >= 15 is 0 Å². The van der Waals surface area contributed by atoms with Gasteiger partial charge in [0.1, 0.15) is 0 Å². The molecular formula is C36H47Cl2N7O2. The number of halogens is 2. The molecule has 2 aromatic carbocycles. The lowest BCUT2D eigenvalue weighted by molar-refractivity contribution is -0.108. The number of anilines is 2. The second kappa shape index (κ2) is 12.9. The van der Waals surface area contributed by atoms with Crippen molar-refractivity contribution in [2.24, 2.45) is 28.2 Å². The van der Waals surface area contributed by atoms with Gasteiger partial charge in [-0.15, -0.1) is 0 Å². The van der Waals surface area contributed by atoms with Crippen molar-refractivity contribution in [2.75, 3.05) is 56.0 Å². The number of β-amino-alcohol motifs (C(OH)–C–C–N with tert-alkyl or cyclic N) is 1. The third kappa shape index (κ3) is 6.25. The number of fused-ring (bicyclic) bond motifs is 3. The van der Waals surface area contributed by atoms with E-state index in [4.69, 9.17) is 33.2 Å². The number of piperazine rings is 1. The van der Waals surface area contributed by atoms with Crippen molar-refractivity contribution in [1.82, 2.24) is 19.4 Å². The molecule has 8 rings (SSSR count). The Balaban J connectivity index is 1.20. The Morgan fingerprint density at radius 1 is 1.09 bits per heavy atom. The number of aliphatic hydroxyl groups excluding tert-OH is 1. The van der Waals surface area contributed by atoms with Crippen LogP contribution in [0.15, 0.2) is 46.2 Å². The van der Waals surface area contributed by atoms with Crippen LogP contribution in [0.5, 0.6) is 0 Å². The number of aromatic nitrogens is 2. The average molecular weight is 681 g/mol. The van der Waals surface area contributed by atoms with Crippen LogP contribution < -0.4 is 15.8 Å². The summed E-state index contributed by atoms with van der Waals surface area (Å²) < 4.78 is 1.81. The van der Waals surface area contributed by atoms with Gasteiger partial charge in [-0.05, 0) is 84.9 Å². The number of hydrogen-bond acceptors (Lipinski definition) is 6. The number of aryl methyl sites for hydroxylation is 1. The Labute approximate surface area is 287 Å². The topological polar surface area (TPSA) is 89.2 Å². The normalized spacial score (nSPS) is 26.3. The maximum atomic E-state index is 14.1. The number of guanidine groups is 1. The molecule has 3 aliphatic carbocycles. The standard InChI is InChI=1S/C36H47Cl2N7O2/c1-5-42-12-14-43(15-13-42)35-41-32-19-26(8-9-28(32)33(47)45(35)11-10-23-6-7-25(37)18-30(23)38)39-34(44-20-27(46)21-44)40-31-17-24-16-29(22(31)2)36(24,3)4/h6-9,18-19,22,24,27,29,31,46H,5,10-17,20-21H2,1-4H3,(H,39,40)/t22-,24-,29+,31-/m0/s1. The fourth-order valence-corrected chi connectivity index (χ4v) is 8.85. The highest BCUT2D eigenvalue weighted by atomic mass is 35.5. The third-order valence-electron chi connectivity index (χ3n) is 11.7. The van der Waals surface area contributed by atoms with Gasteiger partial charge in [-0.25, -0.2) is 9.98 Å². The zero-order valence-corrected chi connectivity index (χ0v) is 29.4. The zero-order valence-electron chi connectivity index (χ0n) is 27.9. The number of rotatable bonds is 7. The average Bonchev–Trinajstić information content (AvgIpc) is 3.03. The van der Waals surface area contributed by atoms with Gasteiger partial charge in [0, 0.05) is 61.5 Å². The molecule has 0 spiro atoms. The molecule has 2 aliphatic heterocycles. The molecule has 0 amide bonds. The van der Waals surface area contributed by atoms with Gasteiger partial charge in [-0.2, -0.15) is 0 Å². The maximum absolute atomic E-state index is 14.1. The van der Waals surface area contributed by atoms with Crippen molar-refractivity contribution in [3.8, 4) is 0 Å². The smallest absolute Gasteiger partial charge is 0.262 e. The van der Waals surface area contributed by atoms with Crippen molar-refractivity contribution < 1.29 is 5.11 Å². The Bertz CT molecular complexity index is 1730. The van der Waals surface area contributed by atoms with Gasteiger partial charge < -0.3 is 25.1 Å². The molecule has 9 nitrogen and oxygen atoms in total. The number of aliphatic imine (C=N–C) groups is 1. The molecule has 2 saturated heterocycles. The number of hydrogen-bond donors (Lipinski definition) is 2. The van der Waals surface area contributed by atoms with Crippen LogP contribution in [-0.4, -0.2) is 88.4 Å². The molecule has 3 saturated carbocycles. The van der Waals surface area contributed by atoms with E-state index in [-0.39, 0.29) is 17.7 Å². The van der Waals surface area contributed by atoms with Gasteiger partial charge in [0.2, 0.25) is 5.95 Å². The molecule has 5 fully saturated rings. The molecular weight excluding hydrogens is 633 g/mol. The SMILES string of the molecule is CCN1CCN(c2nc3cc(NC(=N[C@H]4C[C@@H]5C[C@H]([C@@H]4C)C5(C)C)N4CC(O)C4)ccc3c(=O)n2CCc2ccc(Cl)cc2Cl)CC1. The number of aliphatic hydroxyl groups is 1. The predicted molar refractivity (Wildman–Crippen MR) is 192 cm³/mol. The largest absolute Gasteiger partial charge is 0.389 e. The Morgan fingerprint density at radius 2 is 1.85 bits per heavy atom. The third-order valence-corrected chi connectivity index (χ3v) is 12.3. The molecule has 3 aromatic rings. The Hall–Kier alpha value is -2.85. The first kappa shape index (κ1) is 32.7. The highest BCUT2D eigenvalue weighted by Crippen LogP contribution is 2.61. The zero-order chi connectivity index (χ0) is 33.0. The lowest BCUT2D eigenvalue weighted by atomic mass is 9.45. The quantitative estimate of drug-likeness (QED) is 0.248. The van der Waals surface area contributed by atoms with Gasteiger partial charge in [-0.3, -0.25) is 9.36 Å². The monoisotopic (exact) mass is 679 g/mol. The summed E-state index contributed by atoms with van der Waals surface area (Å²) in [7, 11) is 0. The van der Waals surface area contributed by atoms with Crippen LogP contribution in [0.25, 0.3) is 10.9 Å². The second-order valence-corrected chi connectivity index (χ2v) is 15.5. The molecule has 2 N–H and O–H groups in total. The van der Waals surface area contributed by atoms with Gasteiger partial charge in [0.25, 0.3) is 5.56 Å². The fraction of sp³-hybridized carbons (Fsp3) is 0.583. The molecule has 0 radical (unpaired) electrons. The van der Waals surface area contributed by atoms with Crippen LogP contribution in [0.3, 0.4) is 0 Å². The van der Waals surface area contributed by atoms with Gasteiger partial charge in [0.05, 0.1) is 23.0 Å². The first-order valence-corrected chi connectivity index (χ1v) is 18.0. The Morgan fingerprint density at radius 3 is 2.51 bits per heavy atom. The summed E-state index contributed by atoms with van der Waals surface area (Å²) in [4.78, 5) is 31.4. The number of likely N-dealkylation sites (N-methyl/N-ethyl adjacent to an activating group) is 1. The summed E-state index contributed by atoms with van der Waals surface area (Å²) in [6.07, 6.45) is 2.65. The molecule has 0 unspecified atom stereocenters. The van der Waals surface area contributed by atoms with Crippen LogP contribution in [-0.2, 0) is 13.0 Å². The summed E-state index contributed by atoms with van der Waals surface area (Å²) in [5, 5.41) is 15.5. The summed E-state index contributed by atoms with van der Waals surface area (Å²) >= 11 is 12.6. The first-order valence-electron chi connectivity index (χ1n) is 17.3. The van der Waals surface area contributed by atoms with E-state index in [0.717, 1.165) is 56.4 Å². The van der Waals surface area contributed by atoms with Crippen LogP contribution in [0.4, 0.5) is 11.6 Å². The molecule has 3 heterocycles. The summed E-state index contributed by atoms with van der Waals surface area (Å²) in [6.45, 7) is 15.4. The van der Waals surface area contributed by atoms with Crippen molar-refractivity contribution in [1.29, 1.82) is 0 Å². The minimum atomic E-state index is -0.339. The van der Waals surface area contributed by atoms with E-state index in [9.17, 15) is 9.90 Å². The van der Waals surface area contributed by atoms with E-state index < -0.39 is 0 Å². The number of nitrogens with one attached hydrogen (secondary N) is 1. The first-order chi connectivity index (χ1) is 22.5. The fourth-order valence-electron chi connectivity index (χ4n) is 8.35. The molecule has 11 heteroatoms. The van der Waals surface area contributed by atoms with Crippen molar-refractivity contribution >= 4 is 51.7 Å². The maximum Gasteiger partial charge on any atom is 0.262 e. The van der Waals surface area contributed by atoms with Gasteiger partial charge >= 0.3 is 0 Å². The van der Waals surface area contributed by atoms with Crippen LogP contribution in [0.1, 0.15) is 46.1 Å². The number of benzene rings is 2. The molecule has 252 valence electrons. The molecule has 47 heavy (non-hydrogen) atoms. The van der Waals surface area contributed by atoms with Crippen LogP contribution >= 0.6 is 23.2 Å². The molecule has 5 aliphatic rings. The summed E-state index contributed by atoms with van der Waals surface area (Å²) in [5.41, 5.74) is 2.78. The predicted octanol–water partition coefficient (Wildman–Crippen LogP) is 5.60. The second-order valence-electron chi connectivity index (χ2n) is 14.7. The summed E-state index contributed by atoms with van der Waals surface area (Å²) in [5.74, 6) is 3.40. The van der Waals surface area contributed by atoms with E-state index in [2.05, 4.69) is 47.7 Å². The highest BCUT2D eigenvalue weighted by Gasteiger charge is 2.56. The van der Waals surface area contributed by atoms with Crippen molar-refractivity contribution in [3.63, 3.8) is 0 Å². The lowest BCUT2D eigenvalue weighted by Gasteiger charge is -2.61. The molecule has 4 atom stereocenters. The van der Waals surface area contributed by atoms with E-state index in [1.807, 2.05) is 34.9 Å². The van der Waals surface area contributed by atoms with Gasteiger partial charge in [0.15, 0.2) is 5.96 Å². The minimum absolute atomic E-state index is 0.0582. The highest BCUT2D eigenvalue weighted by molar-refractivity contribution is 6.35. The Kier molecular flexibility index (Phi) is 8.96.